The summed E-state index contributed by atoms with van der Waals surface area (Å²) >= 11 is 0. The first kappa shape index (κ1) is 9.73. The van der Waals surface area contributed by atoms with E-state index in [2.05, 4.69) is 0 Å². The van der Waals surface area contributed by atoms with Crippen LogP contribution in [0.25, 0.3) is 0 Å². The van der Waals surface area contributed by atoms with Crippen LogP contribution in [0.4, 0.5) is 0 Å². The maximum atomic E-state index is 8.52. The maximum absolute atomic E-state index is 8.52. The van der Waals surface area contributed by atoms with Crippen molar-refractivity contribution in [3.05, 3.63) is 18.2 Å². The van der Waals surface area contributed by atoms with Crippen LogP contribution in [0, 0.1) is 0 Å². The van der Waals surface area contributed by atoms with Crippen LogP contribution in [0.5, 0.6) is 17.2 Å². The monoisotopic (exact) mass is 182 g/mol. The minimum Gasteiger partial charge on any atom is -0.539 e. The summed E-state index contributed by atoms with van der Waals surface area (Å²) in [4.78, 5) is 0. The summed E-state index contributed by atoms with van der Waals surface area (Å²) in [6, 6.07) is 5.05. The number of ether oxygens (including phenoxy) is 2. The lowest BCUT2D eigenvalue weighted by Gasteiger charge is -2.09. The van der Waals surface area contributed by atoms with Crippen LogP contribution in [0.15, 0.2) is 18.2 Å². The fraction of sp³-hybridized carbons (Fsp3) is 0.250. The number of rotatable bonds is 4. The number of hydrogen-bond acceptors (Lipinski definition) is 4. The van der Waals surface area contributed by atoms with Crippen molar-refractivity contribution in [3.8, 4) is 17.2 Å². The van der Waals surface area contributed by atoms with Crippen LogP contribution in [0.2, 0.25) is 0 Å². The number of methoxy groups -OCH3 is 2. The van der Waals surface area contributed by atoms with E-state index in [1.807, 2.05) is 0 Å². The molecule has 1 aromatic rings. The van der Waals surface area contributed by atoms with Gasteiger partial charge in [0, 0.05) is 6.07 Å². The smallest absolute Gasteiger partial charge is 0.504 e. The molecule has 1 N–H and O–H groups in total. The lowest BCUT2D eigenvalue weighted by Crippen LogP contribution is -2.00. The molecular formula is C8H11BO4. The maximum Gasteiger partial charge on any atom is 0.504 e. The normalized spacial score (nSPS) is 9.15. The van der Waals surface area contributed by atoms with Crippen LogP contribution < -0.4 is 14.1 Å². The van der Waals surface area contributed by atoms with E-state index >= 15 is 0 Å². The summed E-state index contributed by atoms with van der Waals surface area (Å²) in [5.41, 5.74) is 0. The van der Waals surface area contributed by atoms with Crippen LogP contribution >= 0.6 is 0 Å². The molecule has 0 unspecified atom stereocenters. The van der Waals surface area contributed by atoms with Gasteiger partial charge in [0.05, 0.1) is 14.2 Å². The first-order chi connectivity index (χ1) is 6.31. The Kier molecular flexibility index (Phi) is 3.46. The lowest BCUT2D eigenvalue weighted by atomic mass is 10.3. The molecule has 5 heteroatoms. The van der Waals surface area contributed by atoms with Crippen LogP contribution in [0.3, 0.4) is 0 Å². The molecular weight excluding hydrogens is 171 g/mol. The molecule has 0 fully saturated rings. The molecule has 0 atom stereocenters. The summed E-state index contributed by atoms with van der Waals surface area (Å²) in [6.45, 7) is 0. The van der Waals surface area contributed by atoms with Gasteiger partial charge < -0.3 is 19.2 Å². The third-order valence-corrected chi connectivity index (χ3v) is 1.59. The molecule has 0 radical (unpaired) electrons. The molecule has 0 amide bonds. The largest absolute Gasteiger partial charge is 0.539 e. The van der Waals surface area contributed by atoms with Crippen molar-refractivity contribution in [2.45, 2.75) is 0 Å². The van der Waals surface area contributed by atoms with Crippen molar-refractivity contribution in [1.29, 1.82) is 0 Å². The van der Waals surface area contributed by atoms with Crippen molar-refractivity contribution in [2.75, 3.05) is 14.2 Å². The highest BCUT2D eigenvalue weighted by Crippen LogP contribution is 2.30. The molecule has 0 saturated heterocycles. The second-order valence-corrected chi connectivity index (χ2v) is 2.29. The Hall–Kier alpha value is -1.36. The Morgan fingerprint density at radius 3 is 2.38 bits per heavy atom. The highest BCUT2D eigenvalue weighted by Gasteiger charge is 2.04. The Labute approximate surface area is 77.4 Å². The fourth-order valence-corrected chi connectivity index (χ4v) is 0.981. The molecule has 13 heavy (non-hydrogen) atoms. The predicted molar refractivity (Wildman–Crippen MR) is 49.5 cm³/mol. The van der Waals surface area contributed by atoms with E-state index in [4.69, 9.17) is 19.2 Å². The Bertz CT molecular complexity index is 277. The standard InChI is InChI=1S/C8H11BO4/c1-11-7-4-3-6(13-9-10)5-8(7)12-2/h3-5,9-10H,1-2H3. The molecule has 0 saturated carbocycles. The third kappa shape index (κ3) is 2.29. The molecule has 0 heterocycles. The number of hydrogen-bond donors (Lipinski definition) is 1. The van der Waals surface area contributed by atoms with Gasteiger partial charge in [-0.15, -0.1) is 0 Å². The van der Waals surface area contributed by atoms with Gasteiger partial charge in [0.25, 0.3) is 0 Å². The van der Waals surface area contributed by atoms with Gasteiger partial charge in [0.15, 0.2) is 11.5 Å². The molecule has 1 rings (SSSR count). The first-order valence-corrected chi connectivity index (χ1v) is 3.77. The van der Waals surface area contributed by atoms with Crippen molar-refractivity contribution >= 4 is 7.69 Å². The molecule has 0 aliphatic carbocycles. The molecule has 0 spiro atoms. The summed E-state index contributed by atoms with van der Waals surface area (Å²) < 4.78 is 14.9. The van der Waals surface area contributed by atoms with Gasteiger partial charge in [-0.2, -0.15) is 0 Å². The van der Waals surface area contributed by atoms with Gasteiger partial charge in [-0.3, -0.25) is 0 Å². The third-order valence-electron chi connectivity index (χ3n) is 1.59. The van der Waals surface area contributed by atoms with Gasteiger partial charge in [-0.25, -0.2) is 0 Å². The van der Waals surface area contributed by atoms with Gasteiger partial charge in [-0.05, 0) is 12.1 Å². The van der Waals surface area contributed by atoms with Crippen LogP contribution in [0.1, 0.15) is 0 Å². The zero-order valence-electron chi connectivity index (χ0n) is 7.61. The van der Waals surface area contributed by atoms with Crippen molar-refractivity contribution in [3.63, 3.8) is 0 Å². The highest BCUT2D eigenvalue weighted by atomic mass is 16.5. The Morgan fingerprint density at radius 2 is 1.85 bits per heavy atom. The predicted octanol–water partition coefficient (Wildman–Crippen LogP) is 0.341. The second-order valence-electron chi connectivity index (χ2n) is 2.29. The molecule has 4 nitrogen and oxygen atoms in total. The number of benzene rings is 1. The molecule has 70 valence electrons. The van der Waals surface area contributed by atoms with E-state index in [-0.39, 0.29) is 7.69 Å². The van der Waals surface area contributed by atoms with E-state index in [9.17, 15) is 0 Å². The molecule has 0 bridgehead atoms. The Balaban J connectivity index is 2.91. The van der Waals surface area contributed by atoms with Crippen molar-refractivity contribution in [1.82, 2.24) is 0 Å². The van der Waals surface area contributed by atoms with Crippen LogP contribution in [-0.2, 0) is 0 Å². The highest BCUT2D eigenvalue weighted by molar-refractivity contribution is 6.17. The first-order valence-electron chi connectivity index (χ1n) is 3.77. The molecule has 0 aliphatic heterocycles. The molecule has 1 aromatic carbocycles. The van der Waals surface area contributed by atoms with E-state index in [0.29, 0.717) is 17.2 Å². The lowest BCUT2D eigenvalue weighted by molar-refractivity contribution is 0.352. The Morgan fingerprint density at radius 1 is 1.15 bits per heavy atom. The zero-order chi connectivity index (χ0) is 9.68. The van der Waals surface area contributed by atoms with Crippen molar-refractivity contribution < 1.29 is 19.2 Å². The van der Waals surface area contributed by atoms with E-state index in [0.717, 1.165) is 0 Å². The topological polar surface area (TPSA) is 47.9 Å². The molecule has 0 aromatic heterocycles. The van der Waals surface area contributed by atoms with E-state index in [1.165, 1.54) is 0 Å². The molecule has 0 aliphatic rings. The summed E-state index contributed by atoms with van der Waals surface area (Å²) in [5.74, 6) is 1.75. The van der Waals surface area contributed by atoms with Crippen LogP contribution in [-0.4, -0.2) is 26.9 Å². The van der Waals surface area contributed by atoms with Gasteiger partial charge in [0.2, 0.25) is 0 Å². The zero-order valence-corrected chi connectivity index (χ0v) is 7.61. The van der Waals surface area contributed by atoms with Crippen molar-refractivity contribution in [2.24, 2.45) is 0 Å². The minimum absolute atomic E-state index is 0.352. The van der Waals surface area contributed by atoms with E-state index < -0.39 is 0 Å². The summed E-state index contributed by atoms with van der Waals surface area (Å²) in [7, 11) is 2.75. The quantitative estimate of drug-likeness (QED) is 0.682. The average Bonchev–Trinajstić information content (AvgIpc) is 2.18. The minimum atomic E-state index is -0.352. The van der Waals surface area contributed by atoms with Gasteiger partial charge in [-0.1, -0.05) is 0 Å². The average molecular weight is 182 g/mol. The van der Waals surface area contributed by atoms with Gasteiger partial charge >= 0.3 is 7.69 Å². The summed E-state index contributed by atoms with van der Waals surface area (Å²) in [6.07, 6.45) is 0. The second kappa shape index (κ2) is 4.62. The van der Waals surface area contributed by atoms with Gasteiger partial charge in [0.1, 0.15) is 5.75 Å². The van der Waals surface area contributed by atoms with E-state index in [1.54, 1.807) is 32.4 Å². The fourth-order valence-electron chi connectivity index (χ4n) is 0.981. The summed E-state index contributed by atoms with van der Waals surface area (Å²) in [5, 5.41) is 8.52. The SMILES string of the molecule is COc1ccc(OBO)cc1OC.